The van der Waals surface area contributed by atoms with Gasteiger partial charge in [0.1, 0.15) is 0 Å². The number of nitrogens with two attached hydrogens (primary N) is 1. The second-order valence-corrected chi connectivity index (χ2v) is 5.51. The average molecular weight is 316 g/mol. The van der Waals surface area contributed by atoms with Crippen molar-refractivity contribution < 1.29 is 18.0 Å². The molecule has 2 N–H and O–H groups in total. The maximum Gasteiger partial charge on any atom is 0.416 e. The summed E-state index contributed by atoms with van der Waals surface area (Å²) in [5.41, 5.74) is 4.41. The zero-order chi connectivity index (χ0) is 17.0. The predicted octanol–water partition coefficient (Wildman–Crippen LogP) is 3.43. The van der Waals surface area contributed by atoms with Crippen LogP contribution in [0.1, 0.15) is 37.8 Å². The molecule has 0 unspecified atom stereocenters. The first-order chi connectivity index (χ1) is 10.2. The van der Waals surface area contributed by atoms with E-state index in [1.54, 1.807) is 6.07 Å². The van der Waals surface area contributed by atoms with Crippen LogP contribution in [-0.2, 0) is 17.5 Å². The minimum Gasteiger partial charge on any atom is -0.341 e. The monoisotopic (exact) mass is 316 g/mol. The summed E-state index contributed by atoms with van der Waals surface area (Å²) in [6, 6.07) is 5.31. The Morgan fingerprint density at radius 1 is 1.18 bits per heavy atom. The van der Waals surface area contributed by atoms with Gasteiger partial charge in [-0.2, -0.15) is 13.2 Å². The van der Waals surface area contributed by atoms with E-state index in [4.69, 9.17) is 5.73 Å². The third kappa shape index (κ3) is 3.80. The van der Waals surface area contributed by atoms with Gasteiger partial charge in [-0.1, -0.05) is 32.0 Å². The first kappa shape index (κ1) is 18.5. The van der Waals surface area contributed by atoms with Crippen molar-refractivity contribution in [2.75, 3.05) is 13.6 Å². The number of carbonyl (C=O) groups excluding carboxylic acids is 1. The van der Waals surface area contributed by atoms with Crippen LogP contribution in [-0.4, -0.2) is 24.4 Å². The van der Waals surface area contributed by atoms with Crippen LogP contribution >= 0.6 is 0 Å². The van der Waals surface area contributed by atoms with Crippen LogP contribution in [0.4, 0.5) is 13.2 Å². The number of halogens is 3. The maximum absolute atomic E-state index is 13.0. The van der Waals surface area contributed by atoms with E-state index < -0.39 is 17.2 Å². The van der Waals surface area contributed by atoms with E-state index in [1.807, 2.05) is 13.8 Å². The highest BCUT2D eigenvalue weighted by molar-refractivity contribution is 5.82. The number of rotatable bonds is 6. The van der Waals surface area contributed by atoms with Crippen molar-refractivity contribution in [2.45, 2.75) is 39.4 Å². The molecule has 0 saturated carbocycles. The second-order valence-electron chi connectivity index (χ2n) is 5.51. The highest BCUT2D eigenvalue weighted by Gasteiger charge is 2.37. The highest BCUT2D eigenvalue weighted by atomic mass is 19.4. The van der Waals surface area contributed by atoms with Crippen LogP contribution in [0.3, 0.4) is 0 Å². The lowest BCUT2D eigenvalue weighted by Gasteiger charge is -2.33. The maximum atomic E-state index is 13.0. The minimum atomic E-state index is -4.43. The smallest absolute Gasteiger partial charge is 0.341 e. The standard InChI is InChI=1S/C16H23F3N2O/c1-4-15(5-2,11-20)14(22)21(3)10-12-8-6-7-9-13(12)16(17,18)19/h6-9H,4-5,10-11,20H2,1-3H3. The van der Waals surface area contributed by atoms with E-state index in [0.29, 0.717) is 12.8 Å². The fourth-order valence-electron chi connectivity index (χ4n) is 2.60. The van der Waals surface area contributed by atoms with Crippen molar-refractivity contribution in [2.24, 2.45) is 11.1 Å². The molecule has 1 aromatic carbocycles. The van der Waals surface area contributed by atoms with Crippen molar-refractivity contribution in [3.8, 4) is 0 Å². The number of alkyl halides is 3. The van der Waals surface area contributed by atoms with Gasteiger partial charge >= 0.3 is 6.18 Å². The molecule has 0 aliphatic carbocycles. The summed E-state index contributed by atoms with van der Waals surface area (Å²) in [5, 5.41) is 0. The molecule has 124 valence electrons. The molecular formula is C16H23F3N2O. The molecule has 0 radical (unpaired) electrons. The Bertz CT molecular complexity index is 502. The van der Waals surface area contributed by atoms with E-state index in [-0.39, 0.29) is 24.6 Å². The van der Waals surface area contributed by atoms with Crippen molar-refractivity contribution in [3.63, 3.8) is 0 Å². The summed E-state index contributed by atoms with van der Waals surface area (Å²) in [7, 11) is 1.52. The average Bonchev–Trinajstić information content (AvgIpc) is 2.48. The van der Waals surface area contributed by atoms with Gasteiger partial charge in [0.25, 0.3) is 0 Å². The largest absolute Gasteiger partial charge is 0.416 e. The van der Waals surface area contributed by atoms with Crippen molar-refractivity contribution in [1.82, 2.24) is 4.90 Å². The van der Waals surface area contributed by atoms with Crippen LogP contribution in [0.5, 0.6) is 0 Å². The molecule has 0 saturated heterocycles. The third-order valence-corrected chi connectivity index (χ3v) is 4.27. The second kappa shape index (κ2) is 7.13. The molecule has 0 heterocycles. The normalized spacial score (nSPS) is 12.3. The first-order valence-corrected chi connectivity index (χ1v) is 7.32. The molecule has 6 heteroatoms. The van der Waals surface area contributed by atoms with E-state index in [2.05, 4.69) is 0 Å². The van der Waals surface area contributed by atoms with Crippen molar-refractivity contribution >= 4 is 5.91 Å². The van der Waals surface area contributed by atoms with Crippen molar-refractivity contribution in [3.05, 3.63) is 35.4 Å². The van der Waals surface area contributed by atoms with Gasteiger partial charge in [0.15, 0.2) is 0 Å². The summed E-state index contributed by atoms with van der Waals surface area (Å²) >= 11 is 0. The molecule has 3 nitrogen and oxygen atoms in total. The zero-order valence-electron chi connectivity index (χ0n) is 13.2. The summed E-state index contributed by atoms with van der Waals surface area (Å²) in [6.07, 6.45) is -3.31. The number of hydrogen-bond donors (Lipinski definition) is 1. The molecule has 0 bridgehead atoms. The Balaban J connectivity index is 3.03. The number of amides is 1. The van der Waals surface area contributed by atoms with Gasteiger partial charge in [-0.15, -0.1) is 0 Å². The van der Waals surface area contributed by atoms with Gasteiger partial charge in [0, 0.05) is 20.1 Å². The Morgan fingerprint density at radius 2 is 1.73 bits per heavy atom. The SMILES string of the molecule is CCC(CC)(CN)C(=O)N(C)Cc1ccccc1C(F)(F)F. The van der Waals surface area contributed by atoms with Crippen LogP contribution in [0.25, 0.3) is 0 Å². The molecule has 0 aliphatic heterocycles. The summed E-state index contributed by atoms with van der Waals surface area (Å²) < 4.78 is 39.0. The Labute approximate surface area is 129 Å². The Morgan fingerprint density at radius 3 is 2.18 bits per heavy atom. The topological polar surface area (TPSA) is 46.3 Å². The predicted molar refractivity (Wildman–Crippen MR) is 80.0 cm³/mol. The lowest BCUT2D eigenvalue weighted by Crippen LogP contribution is -2.45. The molecule has 0 aliphatic rings. The van der Waals surface area contributed by atoms with E-state index in [1.165, 1.54) is 24.1 Å². The quantitative estimate of drug-likeness (QED) is 0.874. The molecule has 0 atom stereocenters. The zero-order valence-corrected chi connectivity index (χ0v) is 13.2. The van der Waals surface area contributed by atoms with Crippen LogP contribution < -0.4 is 5.73 Å². The Hall–Kier alpha value is -1.56. The number of carbonyl (C=O) groups is 1. The van der Waals surface area contributed by atoms with Crippen LogP contribution in [0, 0.1) is 5.41 Å². The van der Waals surface area contributed by atoms with Gasteiger partial charge < -0.3 is 10.6 Å². The van der Waals surface area contributed by atoms with Gasteiger partial charge in [-0.05, 0) is 24.5 Å². The molecular weight excluding hydrogens is 293 g/mol. The number of hydrogen-bond acceptors (Lipinski definition) is 2. The molecule has 22 heavy (non-hydrogen) atoms. The molecule has 1 amide bonds. The first-order valence-electron chi connectivity index (χ1n) is 7.32. The minimum absolute atomic E-state index is 0.0870. The molecule has 1 rings (SSSR count). The molecule has 0 aromatic heterocycles. The number of nitrogens with zero attached hydrogens (tertiary/aromatic N) is 1. The summed E-state index contributed by atoms with van der Waals surface area (Å²) in [6.45, 7) is 3.83. The van der Waals surface area contributed by atoms with E-state index >= 15 is 0 Å². The lowest BCUT2D eigenvalue weighted by molar-refractivity contribution is -0.143. The molecule has 0 fully saturated rings. The van der Waals surface area contributed by atoms with E-state index in [9.17, 15) is 18.0 Å². The van der Waals surface area contributed by atoms with Gasteiger partial charge in [-0.25, -0.2) is 0 Å². The van der Waals surface area contributed by atoms with Gasteiger partial charge in [0.2, 0.25) is 5.91 Å². The van der Waals surface area contributed by atoms with E-state index in [0.717, 1.165) is 6.07 Å². The third-order valence-electron chi connectivity index (χ3n) is 4.27. The Kier molecular flexibility index (Phi) is 6.00. The highest BCUT2D eigenvalue weighted by Crippen LogP contribution is 2.33. The molecule has 1 aromatic rings. The molecule has 0 spiro atoms. The fraction of sp³-hybridized carbons (Fsp3) is 0.562. The fourth-order valence-corrected chi connectivity index (χ4v) is 2.60. The summed E-state index contributed by atoms with van der Waals surface area (Å²) in [5.74, 6) is -0.211. The van der Waals surface area contributed by atoms with Crippen LogP contribution in [0.15, 0.2) is 24.3 Å². The van der Waals surface area contributed by atoms with Gasteiger partial charge in [0.05, 0.1) is 11.0 Å². The van der Waals surface area contributed by atoms with Crippen molar-refractivity contribution in [1.29, 1.82) is 0 Å². The lowest BCUT2D eigenvalue weighted by atomic mass is 9.81. The number of benzene rings is 1. The van der Waals surface area contributed by atoms with Gasteiger partial charge in [-0.3, -0.25) is 4.79 Å². The summed E-state index contributed by atoms with van der Waals surface area (Å²) in [4.78, 5) is 13.9. The van der Waals surface area contributed by atoms with Crippen LogP contribution in [0.2, 0.25) is 0 Å².